The van der Waals surface area contributed by atoms with E-state index in [-0.39, 0.29) is 0 Å². The zero-order valence-electron chi connectivity index (χ0n) is 13.3. The highest BCUT2D eigenvalue weighted by molar-refractivity contribution is 6.02. The molecule has 0 N–H and O–H groups in total. The summed E-state index contributed by atoms with van der Waals surface area (Å²) in [4.78, 5) is 20.8. The second-order valence-electron chi connectivity index (χ2n) is 4.77. The van der Waals surface area contributed by atoms with Crippen molar-refractivity contribution in [3.05, 3.63) is 92.4 Å². The van der Waals surface area contributed by atoms with Crippen molar-refractivity contribution in [3.63, 3.8) is 0 Å². The van der Waals surface area contributed by atoms with Crippen molar-refractivity contribution in [2.45, 2.75) is 0 Å². The van der Waals surface area contributed by atoms with Gasteiger partial charge in [0.2, 0.25) is 0 Å². The van der Waals surface area contributed by atoms with Gasteiger partial charge in [0.1, 0.15) is 11.8 Å². The molecular weight excluding hydrogens is 314 g/mol. The largest absolute Gasteiger partial charge is 0.463 e. The van der Waals surface area contributed by atoms with E-state index in [1.165, 1.54) is 12.5 Å². The third-order valence-corrected chi connectivity index (χ3v) is 3.14. The van der Waals surface area contributed by atoms with Crippen molar-refractivity contribution in [1.29, 1.82) is 0 Å². The lowest BCUT2D eigenvalue weighted by atomic mass is 10.1. The highest BCUT2D eigenvalue weighted by atomic mass is 16.3. The minimum atomic E-state index is 0.642. The molecule has 2 aromatic heterocycles. The van der Waals surface area contributed by atoms with E-state index in [2.05, 4.69) is 24.9 Å². The molecule has 122 valence electrons. The number of aromatic nitrogens is 5. The minimum absolute atomic E-state index is 0.642. The van der Waals surface area contributed by atoms with Crippen molar-refractivity contribution in [1.82, 2.24) is 24.9 Å². The van der Waals surface area contributed by atoms with Gasteiger partial charge < -0.3 is 4.42 Å². The Balaban J connectivity index is 2.27. The number of hydrogen-bond acceptors (Lipinski definition) is 6. The predicted molar refractivity (Wildman–Crippen MR) is 95.6 cm³/mol. The number of benzene rings is 1. The lowest BCUT2D eigenvalue weighted by molar-refractivity contribution is 0.604. The van der Waals surface area contributed by atoms with E-state index in [9.17, 15) is 0 Å². The highest BCUT2D eigenvalue weighted by Crippen LogP contribution is 2.20. The highest BCUT2D eigenvalue weighted by Gasteiger charge is 2.00. The number of hydrogen-bond donors (Lipinski definition) is 0. The molecule has 0 saturated heterocycles. The Hall–Kier alpha value is -3.67. The van der Waals surface area contributed by atoms with Crippen LogP contribution in [0.25, 0.3) is 21.9 Å². The summed E-state index contributed by atoms with van der Waals surface area (Å²) < 4.78 is 5.69. The number of nitrogens with zero attached hydrogens (tertiary/aromatic N) is 5. The maximum atomic E-state index is 5.69. The van der Waals surface area contributed by atoms with E-state index in [1.54, 1.807) is 55.6 Å². The summed E-state index contributed by atoms with van der Waals surface area (Å²) in [6.07, 6.45) is 16.0. The summed E-state index contributed by atoms with van der Waals surface area (Å²) in [6, 6.07) is 9.45. The summed E-state index contributed by atoms with van der Waals surface area (Å²) in [5.41, 5.74) is 1.46. The topological polar surface area (TPSA) is 77.6 Å². The third-order valence-electron chi connectivity index (χ3n) is 3.14. The molecule has 3 rings (SSSR count). The van der Waals surface area contributed by atoms with E-state index in [4.69, 9.17) is 4.42 Å². The van der Waals surface area contributed by atoms with Gasteiger partial charge in [-0.15, -0.1) is 0 Å². The van der Waals surface area contributed by atoms with Gasteiger partial charge in [0.05, 0.1) is 17.1 Å². The maximum Gasteiger partial charge on any atom is 0.137 e. The molecule has 0 saturated carbocycles. The van der Waals surface area contributed by atoms with Crippen molar-refractivity contribution in [3.8, 4) is 0 Å². The van der Waals surface area contributed by atoms with Crippen LogP contribution in [0.15, 0.2) is 96.8 Å². The second kappa shape index (κ2) is 8.83. The molecule has 0 amide bonds. The summed E-state index contributed by atoms with van der Waals surface area (Å²) in [6.45, 7) is 0. The van der Waals surface area contributed by atoms with Crippen LogP contribution in [-0.2, 0) is 0 Å². The van der Waals surface area contributed by atoms with Gasteiger partial charge in [-0.1, -0.05) is 6.07 Å². The van der Waals surface area contributed by atoms with Gasteiger partial charge >= 0.3 is 0 Å². The van der Waals surface area contributed by atoms with Crippen LogP contribution in [0, 0.1) is 0 Å². The van der Waals surface area contributed by atoms with E-state index >= 15 is 0 Å². The van der Waals surface area contributed by atoms with Crippen molar-refractivity contribution < 1.29 is 4.42 Å². The molecule has 3 aromatic rings. The van der Waals surface area contributed by atoms with Crippen molar-refractivity contribution in [2.24, 2.45) is 0 Å². The molecule has 6 nitrogen and oxygen atoms in total. The molecule has 0 atom stereocenters. The monoisotopic (exact) mass is 329 g/mol. The molecule has 25 heavy (non-hydrogen) atoms. The average Bonchev–Trinajstić information content (AvgIpc) is 2.65. The molecule has 6 heteroatoms. The van der Waals surface area contributed by atoms with E-state index in [1.807, 2.05) is 24.3 Å². The molecule has 0 bridgehead atoms. The molecule has 0 aliphatic heterocycles. The molecule has 1 aromatic carbocycles. The average molecular weight is 329 g/mol. The normalized spacial score (nSPS) is 9.60. The Morgan fingerprint density at radius 2 is 1.40 bits per heavy atom. The molecule has 0 aliphatic rings. The van der Waals surface area contributed by atoms with E-state index in [0.717, 1.165) is 16.3 Å². The first kappa shape index (κ1) is 16.2. The lowest BCUT2D eigenvalue weighted by Crippen LogP contribution is -1.79. The lowest BCUT2D eigenvalue weighted by Gasteiger charge is -1.98. The standard InChI is InChI=1S/C19H15N5O/c1-3-16-4-5-18-17(19(16)24-8-1)15-23-7-2-6-20-9-10-21-11-12-22-13-14-25-18/h1-15H. The van der Waals surface area contributed by atoms with Gasteiger partial charge in [-0.3, -0.25) is 24.9 Å². The Kier molecular flexibility index (Phi) is 5.72. The zero-order valence-corrected chi connectivity index (χ0v) is 13.3. The SMILES string of the molecule is c1cnccnccnccoc2ccc3cccnc3c2cnc1. The smallest absolute Gasteiger partial charge is 0.137 e. The molecular formula is C19H15N5O. The molecule has 2 heterocycles. The minimum Gasteiger partial charge on any atom is -0.463 e. The first-order chi connectivity index (χ1) is 12.4. The van der Waals surface area contributed by atoms with E-state index < -0.39 is 0 Å². The van der Waals surface area contributed by atoms with Crippen molar-refractivity contribution in [2.75, 3.05) is 0 Å². The van der Waals surface area contributed by atoms with Gasteiger partial charge in [-0.2, -0.15) is 0 Å². The van der Waals surface area contributed by atoms with E-state index in [0.29, 0.717) is 5.58 Å². The van der Waals surface area contributed by atoms with Crippen LogP contribution in [0.5, 0.6) is 0 Å². The Bertz CT molecular complexity index is 1030. The molecule has 0 radical (unpaired) electrons. The zero-order chi connectivity index (χ0) is 17.2. The fourth-order valence-electron chi connectivity index (χ4n) is 2.07. The van der Waals surface area contributed by atoms with Crippen LogP contribution in [0.1, 0.15) is 0 Å². The van der Waals surface area contributed by atoms with Gasteiger partial charge in [0.15, 0.2) is 0 Å². The molecule has 0 fully saturated rings. The summed E-state index contributed by atoms with van der Waals surface area (Å²) in [5, 5.41) is 1.80. The van der Waals surface area contributed by atoms with Gasteiger partial charge in [0, 0.05) is 55.0 Å². The molecule has 0 aliphatic carbocycles. The first-order valence-electron chi connectivity index (χ1n) is 7.56. The van der Waals surface area contributed by atoms with Crippen molar-refractivity contribution >= 4 is 21.9 Å². The Morgan fingerprint density at radius 1 is 0.640 bits per heavy atom. The maximum absolute atomic E-state index is 5.69. The molecule has 0 spiro atoms. The quantitative estimate of drug-likeness (QED) is 0.622. The summed E-state index contributed by atoms with van der Waals surface area (Å²) >= 11 is 0. The predicted octanol–water partition coefficient (Wildman–Crippen LogP) is 3.93. The molecule has 0 unspecified atom stereocenters. The second-order valence-corrected chi connectivity index (χ2v) is 4.77. The van der Waals surface area contributed by atoms with Crippen LogP contribution in [0.3, 0.4) is 0 Å². The van der Waals surface area contributed by atoms with Crippen LogP contribution in [0.4, 0.5) is 0 Å². The van der Waals surface area contributed by atoms with Crippen LogP contribution in [-0.4, -0.2) is 24.9 Å². The van der Waals surface area contributed by atoms with Crippen LogP contribution in [0.2, 0.25) is 0 Å². The first-order valence-corrected chi connectivity index (χ1v) is 7.56. The number of pyridine rings is 1. The number of rotatable bonds is 0. The van der Waals surface area contributed by atoms with Crippen LogP contribution >= 0.6 is 0 Å². The van der Waals surface area contributed by atoms with Gasteiger partial charge in [-0.25, -0.2) is 0 Å². The fraction of sp³-hybridized carbons (Fsp3) is 0. The van der Waals surface area contributed by atoms with Gasteiger partial charge in [0.25, 0.3) is 0 Å². The summed E-state index contributed by atoms with van der Waals surface area (Å²) in [5.74, 6) is 0. The Labute approximate surface area is 144 Å². The number of fused-ring (bicyclic) bond motifs is 3. The van der Waals surface area contributed by atoms with Gasteiger partial charge in [-0.05, 0) is 24.3 Å². The third kappa shape index (κ3) is 4.65. The summed E-state index contributed by atoms with van der Waals surface area (Å²) in [7, 11) is 0. The Morgan fingerprint density at radius 3 is 2.28 bits per heavy atom. The van der Waals surface area contributed by atoms with Crippen LogP contribution < -0.4 is 0 Å². The fourth-order valence-corrected chi connectivity index (χ4v) is 2.07.